The van der Waals surface area contributed by atoms with E-state index in [9.17, 15) is 0 Å². The molecule has 0 fully saturated rings. The van der Waals surface area contributed by atoms with E-state index in [4.69, 9.17) is 12.6 Å². The van der Waals surface area contributed by atoms with Crippen LogP contribution in [0.1, 0.15) is 0 Å². The third kappa shape index (κ3) is 52.3. The molecule has 0 atom stereocenters. The molecule has 0 aromatic heterocycles. The fraction of sp³-hybridized carbons (Fsp3) is 0. The molecule has 0 rings (SSSR count). The number of hydrogen-bond donors (Lipinski definition) is 1. The smallest absolute Gasteiger partial charge is 0.372 e. The van der Waals surface area contributed by atoms with Gasteiger partial charge in [0.25, 0.3) is 0 Å². The van der Waals surface area contributed by atoms with E-state index in [1.807, 2.05) is 0 Å². The van der Waals surface area contributed by atoms with Crippen molar-refractivity contribution in [3.63, 3.8) is 0 Å². The summed E-state index contributed by atoms with van der Waals surface area (Å²) in [7, 11) is 0. The van der Waals surface area contributed by atoms with E-state index in [1.54, 1.807) is 0 Å². The molecule has 0 aromatic rings. The van der Waals surface area contributed by atoms with Gasteiger partial charge in [-0.05, 0) is 4.20 Å². The second kappa shape index (κ2) is 4.88. The van der Waals surface area contributed by atoms with Gasteiger partial charge >= 0.3 is 14.8 Å². The number of hydrogen-bond acceptors (Lipinski definition) is 3. The van der Waals surface area contributed by atoms with E-state index >= 15 is 0 Å². The summed E-state index contributed by atoms with van der Waals surface area (Å²) in [5.41, 5.74) is 0. The molecule has 0 aliphatic rings. The maximum atomic E-state index is 8.63. The van der Waals surface area contributed by atoms with Gasteiger partial charge in [0.15, 0.2) is 0 Å². The van der Waals surface area contributed by atoms with Gasteiger partial charge in [0.1, 0.15) is 0 Å². The summed E-state index contributed by atoms with van der Waals surface area (Å²) in [6, 6.07) is 0. The second-order valence-corrected chi connectivity index (χ2v) is 1.04. The topological polar surface area (TPSA) is 66.3 Å². The second-order valence-electron chi connectivity index (χ2n) is 0.201. The Balaban J connectivity index is 0. The third-order valence-electron chi connectivity index (χ3n) is 0. The monoisotopic (exact) mass is 184 g/mol. The summed E-state index contributed by atoms with van der Waals surface area (Å²) in [6.45, 7) is 0. The standard InChI is InChI=1S/BrHO3.Fe/c2-1(3)4;/h2H;. The molecule has 0 spiro atoms. The Hall–Kier alpha value is 0.879. The predicted octanol–water partition coefficient (Wildman–Crippen LogP) is -2.94. The van der Waals surface area contributed by atoms with Crippen LogP contribution in [0.15, 0.2) is 0 Å². The first-order chi connectivity index (χ1) is 1.73. The van der Waals surface area contributed by atoms with Crippen LogP contribution in [0.2, 0.25) is 0 Å². The van der Waals surface area contributed by atoms with Crippen LogP contribution in [0, 0.1) is 14.8 Å². The minimum absolute atomic E-state index is 0. The summed E-state index contributed by atoms with van der Waals surface area (Å²) in [6.07, 6.45) is 0. The molecular formula is HBrFeO3. The Morgan fingerprint density at radius 2 is 1.40 bits per heavy atom. The molecular weight excluding hydrogens is 184 g/mol. The van der Waals surface area contributed by atoms with Crippen molar-refractivity contribution >= 4 is 0 Å². The fourth-order valence-electron chi connectivity index (χ4n) is 0. The normalized spacial score (nSPS) is 7.20. The van der Waals surface area contributed by atoms with Crippen molar-refractivity contribution in [3.05, 3.63) is 0 Å². The van der Waals surface area contributed by atoms with E-state index in [0.717, 1.165) is 0 Å². The molecule has 0 amide bonds. The average Bonchev–Trinajstić information content (AvgIpc) is 0.811. The summed E-state index contributed by atoms with van der Waals surface area (Å²) in [4.78, 5) is 0. The molecule has 0 saturated heterocycles. The van der Waals surface area contributed by atoms with E-state index in [2.05, 4.69) is 0 Å². The maximum absolute atomic E-state index is 8.63. The van der Waals surface area contributed by atoms with Crippen LogP contribution < -0.4 is 8.40 Å². The summed E-state index contributed by atoms with van der Waals surface area (Å²) < 4.78 is 24.3. The first-order valence-corrected chi connectivity index (χ1v) is 2.48. The van der Waals surface area contributed by atoms with E-state index in [1.165, 1.54) is 0 Å². The zero-order valence-corrected chi connectivity index (χ0v) is 4.69. The Bertz CT molecular complexity index is 11.6. The average molecular weight is 185 g/mol. The Labute approximate surface area is 44.9 Å². The molecule has 0 aromatic carbocycles. The van der Waals surface area contributed by atoms with E-state index in [0.29, 0.717) is 0 Å². The van der Waals surface area contributed by atoms with Gasteiger partial charge in [-0.1, -0.05) is 0 Å². The van der Waals surface area contributed by atoms with Crippen LogP contribution in [0.4, 0.5) is 0 Å². The largest absolute Gasteiger partial charge is 0.433 e. The minimum Gasteiger partial charge on any atom is -0.372 e. The minimum atomic E-state index is -3.40. The van der Waals surface area contributed by atoms with Crippen molar-refractivity contribution in [1.82, 2.24) is 0 Å². The van der Waals surface area contributed by atoms with Crippen LogP contribution in [0.5, 0.6) is 0 Å². The summed E-state index contributed by atoms with van der Waals surface area (Å²) in [5, 5.41) is 0. The molecule has 0 heterocycles. The van der Waals surface area contributed by atoms with Crippen molar-refractivity contribution in [2.24, 2.45) is 0 Å². The van der Waals surface area contributed by atoms with E-state index in [-0.39, 0.29) is 17.1 Å². The van der Waals surface area contributed by atoms with Gasteiger partial charge in [-0.25, -0.2) is 0 Å². The molecule has 3 nitrogen and oxygen atoms in total. The van der Waals surface area contributed by atoms with Crippen molar-refractivity contribution in [2.45, 2.75) is 0 Å². The molecule has 0 bridgehead atoms. The number of rotatable bonds is 0. The van der Waals surface area contributed by atoms with E-state index < -0.39 is 14.8 Å². The Kier molecular flexibility index (Phi) is 9.08. The SMILES string of the molecule is [Fe].[O-][Br+2]([O-])O. The Morgan fingerprint density at radius 1 is 1.40 bits per heavy atom. The molecule has 1 N–H and O–H groups in total. The molecule has 5 heavy (non-hydrogen) atoms. The van der Waals surface area contributed by atoms with Crippen molar-refractivity contribution in [1.29, 1.82) is 0 Å². The van der Waals surface area contributed by atoms with Crippen LogP contribution in [-0.2, 0) is 17.1 Å². The molecule has 0 saturated carbocycles. The molecule has 0 radical (unpaired) electrons. The van der Waals surface area contributed by atoms with Crippen molar-refractivity contribution < 1.29 is 44.5 Å². The van der Waals surface area contributed by atoms with Gasteiger partial charge in [0.2, 0.25) is 0 Å². The Morgan fingerprint density at radius 3 is 1.40 bits per heavy atom. The predicted molar refractivity (Wildman–Crippen MR) is 2.22 cm³/mol. The van der Waals surface area contributed by atoms with Crippen LogP contribution in [0.25, 0.3) is 0 Å². The first kappa shape index (κ1) is 9.30. The molecule has 34 valence electrons. The van der Waals surface area contributed by atoms with Crippen molar-refractivity contribution in [3.8, 4) is 0 Å². The molecule has 0 unspecified atom stereocenters. The van der Waals surface area contributed by atoms with Gasteiger partial charge in [-0.15, -0.1) is 0 Å². The van der Waals surface area contributed by atoms with Crippen molar-refractivity contribution in [2.75, 3.05) is 0 Å². The van der Waals surface area contributed by atoms with Gasteiger partial charge in [0, 0.05) is 17.1 Å². The number of halogens is 1. The van der Waals surface area contributed by atoms with Gasteiger partial charge < -0.3 is 8.40 Å². The van der Waals surface area contributed by atoms with Crippen LogP contribution in [-0.4, -0.2) is 4.20 Å². The summed E-state index contributed by atoms with van der Waals surface area (Å²) in [5.74, 6) is 0. The van der Waals surface area contributed by atoms with Gasteiger partial charge in [-0.2, -0.15) is 0 Å². The zero-order chi connectivity index (χ0) is 3.58. The fourth-order valence-corrected chi connectivity index (χ4v) is 0. The zero-order valence-electron chi connectivity index (χ0n) is 2.00. The molecule has 0 aliphatic carbocycles. The third-order valence-corrected chi connectivity index (χ3v) is 0. The first-order valence-electron chi connectivity index (χ1n) is 0.478. The van der Waals surface area contributed by atoms with Crippen LogP contribution in [0.3, 0.4) is 0 Å². The quantitative estimate of drug-likeness (QED) is 0.410. The van der Waals surface area contributed by atoms with Gasteiger partial charge in [-0.3, -0.25) is 0 Å². The summed E-state index contributed by atoms with van der Waals surface area (Å²) >= 11 is -3.40. The molecule has 0 aliphatic heterocycles. The molecule has 5 heteroatoms. The maximum Gasteiger partial charge on any atom is 0.433 e. The van der Waals surface area contributed by atoms with Crippen LogP contribution >= 0.6 is 0 Å². The van der Waals surface area contributed by atoms with Gasteiger partial charge in [0.05, 0.1) is 0 Å².